The van der Waals surface area contributed by atoms with E-state index in [0.29, 0.717) is 19.6 Å². The van der Waals surface area contributed by atoms with Crippen LogP contribution in [0.3, 0.4) is 0 Å². The van der Waals surface area contributed by atoms with E-state index in [1.165, 1.54) is 0 Å². The Labute approximate surface area is 227 Å². The van der Waals surface area contributed by atoms with Crippen LogP contribution in [0.15, 0.2) is 60.7 Å². The topological polar surface area (TPSA) is 82.5 Å². The number of aliphatic hydroxyl groups is 1. The van der Waals surface area contributed by atoms with Crippen LogP contribution in [0.25, 0.3) is 0 Å². The summed E-state index contributed by atoms with van der Waals surface area (Å²) >= 11 is 0. The zero-order valence-electron chi connectivity index (χ0n) is 23.6. The summed E-state index contributed by atoms with van der Waals surface area (Å²) in [7, 11) is 0. The standard InChI is InChI=1S/C30H43N3O5/c1-29(2,3)37-27(35)32-17-18-33(28(36)38-30(4,5)6)26(22-34)25(32)21-31(19-23-13-9-7-10-14-23)20-24-15-11-8-12-16-24/h7-16,25-26,34H,17-22H2,1-6H3/t25-,26-/m1/s1. The van der Waals surface area contributed by atoms with E-state index >= 15 is 0 Å². The van der Waals surface area contributed by atoms with Crippen molar-refractivity contribution in [2.75, 3.05) is 26.2 Å². The number of carbonyl (C=O) groups excluding carboxylic acids is 2. The normalized spacial score (nSPS) is 18.4. The Bertz CT molecular complexity index is 992. The molecule has 2 amide bonds. The van der Waals surface area contributed by atoms with Crippen molar-refractivity contribution in [2.45, 2.75) is 77.9 Å². The first-order valence-corrected chi connectivity index (χ1v) is 13.3. The lowest BCUT2D eigenvalue weighted by Gasteiger charge is -2.48. The van der Waals surface area contributed by atoms with Crippen LogP contribution in [0, 0.1) is 0 Å². The second-order valence-electron chi connectivity index (χ2n) is 11.8. The van der Waals surface area contributed by atoms with Crippen molar-refractivity contribution in [3.63, 3.8) is 0 Å². The van der Waals surface area contributed by atoms with Crippen LogP contribution in [0.2, 0.25) is 0 Å². The van der Waals surface area contributed by atoms with E-state index in [1.807, 2.05) is 77.9 Å². The highest BCUT2D eigenvalue weighted by atomic mass is 16.6. The Hall–Kier alpha value is -3.10. The first-order chi connectivity index (χ1) is 17.9. The molecule has 0 unspecified atom stereocenters. The molecule has 208 valence electrons. The molecule has 8 nitrogen and oxygen atoms in total. The fourth-order valence-corrected chi connectivity index (χ4v) is 4.63. The second-order valence-corrected chi connectivity index (χ2v) is 11.8. The summed E-state index contributed by atoms with van der Waals surface area (Å²) in [5.41, 5.74) is 0.911. The predicted molar refractivity (Wildman–Crippen MR) is 148 cm³/mol. The van der Waals surface area contributed by atoms with Crippen molar-refractivity contribution in [1.82, 2.24) is 14.7 Å². The molecule has 1 heterocycles. The Morgan fingerprint density at radius 1 is 0.763 bits per heavy atom. The maximum atomic E-state index is 13.4. The molecule has 2 atom stereocenters. The maximum Gasteiger partial charge on any atom is 0.410 e. The predicted octanol–water partition coefficient (Wildman–Crippen LogP) is 4.91. The molecule has 8 heteroatoms. The van der Waals surface area contributed by atoms with Crippen LogP contribution < -0.4 is 0 Å². The number of hydrogen-bond acceptors (Lipinski definition) is 6. The molecule has 1 saturated heterocycles. The van der Waals surface area contributed by atoms with Crippen LogP contribution >= 0.6 is 0 Å². The number of nitrogens with zero attached hydrogens (tertiary/aromatic N) is 3. The Kier molecular flexibility index (Phi) is 9.79. The minimum absolute atomic E-state index is 0.243. The van der Waals surface area contributed by atoms with E-state index in [9.17, 15) is 14.7 Å². The number of hydrogen-bond donors (Lipinski definition) is 1. The number of ether oxygens (including phenoxy) is 2. The summed E-state index contributed by atoms with van der Waals surface area (Å²) in [6.45, 7) is 12.8. The number of carbonyl (C=O) groups is 2. The Morgan fingerprint density at radius 2 is 1.16 bits per heavy atom. The quantitative estimate of drug-likeness (QED) is 0.553. The van der Waals surface area contributed by atoms with Gasteiger partial charge >= 0.3 is 12.2 Å². The van der Waals surface area contributed by atoms with Gasteiger partial charge in [-0.1, -0.05) is 60.7 Å². The maximum absolute atomic E-state index is 13.4. The van der Waals surface area contributed by atoms with E-state index in [0.717, 1.165) is 11.1 Å². The molecule has 0 radical (unpaired) electrons. The lowest BCUT2D eigenvalue weighted by molar-refractivity contribution is -0.0504. The fraction of sp³-hybridized carbons (Fsp3) is 0.533. The molecular weight excluding hydrogens is 482 g/mol. The Balaban J connectivity index is 1.95. The minimum atomic E-state index is -0.679. The molecular formula is C30H43N3O5. The van der Waals surface area contributed by atoms with E-state index in [1.54, 1.807) is 9.80 Å². The van der Waals surface area contributed by atoms with Crippen LogP contribution in [0.4, 0.5) is 9.59 Å². The first kappa shape index (κ1) is 29.5. The molecule has 1 aliphatic heterocycles. The van der Waals surface area contributed by atoms with Gasteiger partial charge in [-0.3, -0.25) is 14.7 Å². The largest absolute Gasteiger partial charge is 0.444 e. The first-order valence-electron chi connectivity index (χ1n) is 13.3. The average molecular weight is 526 g/mol. The molecule has 0 saturated carbocycles. The molecule has 38 heavy (non-hydrogen) atoms. The number of amides is 2. The average Bonchev–Trinajstić information content (AvgIpc) is 2.82. The van der Waals surface area contributed by atoms with Gasteiger partial charge in [-0.25, -0.2) is 9.59 Å². The van der Waals surface area contributed by atoms with E-state index < -0.39 is 35.5 Å². The highest BCUT2D eigenvalue weighted by molar-refractivity contribution is 5.72. The van der Waals surface area contributed by atoms with E-state index in [2.05, 4.69) is 29.2 Å². The van der Waals surface area contributed by atoms with Crippen LogP contribution in [0.1, 0.15) is 52.7 Å². The van der Waals surface area contributed by atoms with E-state index in [-0.39, 0.29) is 19.7 Å². The van der Waals surface area contributed by atoms with Crippen LogP contribution in [-0.2, 0) is 22.6 Å². The highest BCUT2D eigenvalue weighted by Crippen LogP contribution is 2.25. The van der Waals surface area contributed by atoms with Crippen molar-refractivity contribution in [3.05, 3.63) is 71.8 Å². The SMILES string of the molecule is CC(C)(C)OC(=O)N1CCN(C(=O)OC(C)(C)C)[C@H](CN(Cc2ccccc2)Cc2ccccc2)[C@H]1CO. The van der Waals surface area contributed by atoms with E-state index in [4.69, 9.17) is 9.47 Å². The van der Waals surface area contributed by atoms with Gasteiger partial charge in [0.25, 0.3) is 0 Å². The summed E-state index contributed by atoms with van der Waals surface area (Å²) in [6, 6.07) is 19.1. The third-order valence-corrected chi connectivity index (χ3v) is 6.21. The highest BCUT2D eigenvalue weighted by Gasteiger charge is 2.44. The molecule has 0 bridgehead atoms. The summed E-state index contributed by atoms with van der Waals surface area (Å²) < 4.78 is 11.4. The molecule has 3 rings (SSSR count). The molecule has 1 fully saturated rings. The third-order valence-electron chi connectivity index (χ3n) is 6.21. The minimum Gasteiger partial charge on any atom is -0.444 e. The van der Waals surface area contributed by atoms with Crippen LogP contribution in [0.5, 0.6) is 0 Å². The zero-order chi connectivity index (χ0) is 27.9. The van der Waals surface area contributed by atoms with Gasteiger partial charge in [0, 0.05) is 32.7 Å². The third kappa shape index (κ3) is 8.74. The summed E-state index contributed by atoms with van der Waals surface area (Å²) in [5.74, 6) is 0. The lowest BCUT2D eigenvalue weighted by atomic mass is 10.0. The van der Waals surface area contributed by atoms with Gasteiger partial charge in [0.1, 0.15) is 11.2 Å². The van der Waals surface area contributed by atoms with Gasteiger partial charge in [0.2, 0.25) is 0 Å². The number of rotatable bonds is 7. The smallest absolute Gasteiger partial charge is 0.410 e. The van der Waals surface area contributed by atoms with Gasteiger partial charge in [-0.2, -0.15) is 0 Å². The molecule has 2 aromatic carbocycles. The van der Waals surface area contributed by atoms with Crippen molar-refractivity contribution < 1.29 is 24.2 Å². The number of aliphatic hydroxyl groups excluding tert-OH is 1. The molecule has 1 N–H and O–H groups in total. The Morgan fingerprint density at radius 3 is 1.53 bits per heavy atom. The van der Waals surface area contributed by atoms with Crippen molar-refractivity contribution in [1.29, 1.82) is 0 Å². The van der Waals surface area contributed by atoms with Crippen molar-refractivity contribution >= 4 is 12.2 Å². The lowest BCUT2D eigenvalue weighted by Crippen LogP contribution is -2.66. The molecule has 0 spiro atoms. The fourth-order valence-electron chi connectivity index (χ4n) is 4.63. The van der Waals surface area contributed by atoms with Gasteiger partial charge in [0.05, 0.1) is 18.7 Å². The van der Waals surface area contributed by atoms with Gasteiger partial charge < -0.3 is 14.6 Å². The second kappa shape index (κ2) is 12.6. The molecule has 2 aromatic rings. The number of benzene rings is 2. The van der Waals surface area contributed by atoms with Crippen molar-refractivity contribution in [2.24, 2.45) is 0 Å². The van der Waals surface area contributed by atoms with Gasteiger partial charge in [-0.15, -0.1) is 0 Å². The zero-order valence-corrected chi connectivity index (χ0v) is 23.6. The summed E-state index contributed by atoms with van der Waals surface area (Å²) in [6.07, 6.45) is -0.952. The molecule has 0 aromatic heterocycles. The molecule has 0 aliphatic carbocycles. The van der Waals surface area contributed by atoms with Gasteiger partial charge in [0.15, 0.2) is 0 Å². The van der Waals surface area contributed by atoms with Crippen molar-refractivity contribution in [3.8, 4) is 0 Å². The van der Waals surface area contributed by atoms with Gasteiger partial charge in [-0.05, 0) is 52.7 Å². The number of piperazine rings is 1. The molecule has 1 aliphatic rings. The monoisotopic (exact) mass is 525 g/mol. The summed E-state index contributed by atoms with van der Waals surface area (Å²) in [5, 5.41) is 10.6. The summed E-state index contributed by atoms with van der Waals surface area (Å²) in [4.78, 5) is 32.0. The van der Waals surface area contributed by atoms with Crippen LogP contribution in [-0.4, -0.2) is 81.5 Å².